The average Bonchev–Trinajstić information content (AvgIpc) is 3.23. The third-order valence-electron chi connectivity index (χ3n) is 3.15. The minimum atomic E-state index is -3.91. The van der Waals surface area contributed by atoms with Crippen molar-refractivity contribution in [1.82, 2.24) is 4.31 Å². The van der Waals surface area contributed by atoms with Crippen molar-refractivity contribution >= 4 is 27.6 Å². The van der Waals surface area contributed by atoms with Crippen LogP contribution in [-0.4, -0.2) is 36.4 Å². The smallest absolute Gasteiger partial charge is 0.304 e. The lowest BCUT2D eigenvalue weighted by Crippen LogP contribution is -2.35. The number of carbonyl (C=O) groups is 1. The first-order valence-corrected chi connectivity index (χ1v) is 8.11. The predicted octanol–water partition coefficient (Wildman–Crippen LogP) is 1.84. The Kier molecular flexibility index (Phi) is 4.52. The van der Waals surface area contributed by atoms with Gasteiger partial charge in [0, 0.05) is 12.6 Å². The molecule has 0 aromatic heterocycles. The first-order chi connectivity index (χ1) is 9.86. The van der Waals surface area contributed by atoms with Gasteiger partial charge in [0.05, 0.1) is 23.1 Å². The molecule has 21 heavy (non-hydrogen) atoms. The van der Waals surface area contributed by atoms with Gasteiger partial charge in [-0.2, -0.15) is 9.57 Å². The summed E-state index contributed by atoms with van der Waals surface area (Å²) in [6.45, 7) is -0.102. The number of halogens is 1. The molecule has 1 N–H and O–H groups in total. The zero-order valence-corrected chi connectivity index (χ0v) is 12.6. The summed E-state index contributed by atoms with van der Waals surface area (Å²) in [4.78, 5) is 10.5. The van der Waals surface area contributed by atoms with Crippen LogP contribution in [0.4, 0.5) is 0 Å². The second kappa shape index (κ2) is 6.02. The van der Waals surface area contributed by atoms with Crippen molar-refractivity contribution in [3.05, 3.63) is 28.8 Å². The molecule has 2 rings (SSSR count). The van der Waals surface area contributed by atoms with Gasteiger partial charge in [-0.15, -0.1) is 0 Å². The fourth-order valence-corrected chi connectivity index (χ4v) is 4.15. The molecule has 0 bridgehead atoms. The molecule has 112 valence electrons. The number of nitrogens with zero attached hydrogens (tertiary/aromatic N) is 2. The Labute approximate surface area is 127 Å². The van der Waals surface area contributed by atoms with E-state index in [9.17, 15) is 13.2 Å². The Bertz CT molecular complexity index is 707. The van der Waals surface area contributed by atoms with Crippen LogP contribution in [0.15, 0.2) is 23.1 Å². The second-order valence-corrected chi connectivity index (χ2v) is 7.01. The number of nitriles is 1. The summed E-state index contributed by atoms with van der Waals surface area (Å²) < 4.78 is 26.5. The van der Waals surface area contributed by atoms with Crippen LogP contribution >= 0.6 is 11.6 Å². The van der Waals surface area contributed by atoms with E-state index in [1.165, 1.54) is 22.5 Å². The van der Waals surface area contributed by atoms with E-state index >= 15 is 0 Å². The molecular weight excluding hydrogens is 316 g/mol. The van der Waals surface area contributed by atoms with Gasteiger partial charge in [-0.3, -0.25) is 4.79 Å². The quantitative estimate of drug-likeness (QED) is 0.859. The van der Waals surface area contributed by atoms with Crippen LogP contribution in [-0.2, 0) is 14.8 Å². The number of aliphatic carboxylic acids is 1. The number of carboxylic acids is 1. The van der Waals surface area contributed by atoms with Crippen LogP contribution in [0.1, 0.15) is 24.8 Å². The maximum atomic E-state index is 12.7. The number of carboxylic acid groups (broad SMARTS) is 1. The molecule has 1 fully saturated rings. The van der Waals surface area contributed by atoms with Gasteiger partial charge >= 0.3 is 5.97 Å². The SMILES string of the molecule is N#Cc1ccc(Cl)c(S(=O)(=O)N(CCC(=O)O)C2CC2)c1. The standard InChI is InChI=1S/C13H13ClN2O4S/c14-11-4-1-9(8-15)7-12(11)21(19,20)16(10-2-3-10)6-5-13(17)18/h1,4,7,10H,2-3,5-6H2,(H,17,18). The molecule has 0 atom stereocenters. The van der Waals surface area contributed by atoms with Gasteiger partial charge in [0.15, 0.2) is 0 Å². The van der Waals surface area contributed by atoms with Crippen LogP contribution < -0.4 is 0 Å². The molecule has 0 amide bonds. The number of rotatable bonds is 6. The molecule has 1 aliphatic carbocycles. The Morgan fingerprint density at radius 2 is 2.14 bits per heavy atom. The Balaban J connectivity index is 2.39. The van der Waals surface area contributed by atoms with E-state index in [4.69, 9.17) is 22.0 Å². The van der Waals surface area contributed by atoms with Crippen molar-refractivity contribution in [3.8, 4) is 6.07 Å². The molecule has 1 aromatic rings. The molecule has 1 aliphatic rings. The van der Waals surface area contributed by atoms with Crippen molar-refractivity contribution < 1.29 is 18.3 Å². The highest BCUT2D eigenvalue weighted by Gasteiger charge is 2.39. The zero-order chi connectivity index (χ0) is 15.6. The number of sulfonamides is 1. The highest BCUT2D eigenvalue weighted by molar-refractivity contribution is 7.89. The zero-order valence-electron chi connectivity index (χ0n) is 11.0. The predicted molar refractivity (Wildman–Crippen MR) is 75.3 cm³/mol. The van der Waals surface area contributed by atoms with Gasteiger partial charge < -0.3 is 5.11 Å². The number of hydrogen-bond acceptors (Lipinski definition) is 4. The molecule has 0 heterocycles. The van der Waals surface area contributed by atoms with Crippen molar-refractivity contribution in [2.75, 3.05) is 6.54 Å². The van der Waals surface area contributed by atoms with E-state index in [0.717, 1.165) is 0 Å². The lowest BCUT2D eigenvalue weighted by atomic mass is 10.2. The summed E-state index contributed by atoms with van der Waals surface area (Å²) in [5, 5.41) is 17.6. The minimum absolute atomic E-state index is 0.0231. The van der Waals surface area contributed by atoms with Gasteiger partial charge in [0.25, 0.3) is 0 Å². The van der Waals surface area contributed by atoms with Crippen molar-refractivity contribution in [1.29, 1.82) is 5.26 Å². The van der Waals surface area contributed by atoms with Crippen LogP contribution in [0.3, 0.4) is 0 Å². The molecule has 0 spiro atoms. The maximum Gasteiger partial charge on any atom is 0.304 e. The van der Waals surface area contributed by atoms with E-state index in [2.05, 4.69) is 0 Å². The van der Waals surface area contributed by atoms with Crippen LogP contribution in [0, 0.1) is 11.3 Å². The molecule has 1 aromatic carbocycles. The summed E-state index contributed by atoms with van der Waals surface area (Å²) >= 11 is 5.94. The number of hydrogen-bond donors (Lipinski definition) is 1. The Morgan fingerprint density at radius 1 is 1.48 bits per heavy atom. The molecule has 8 heteroatoms. The summed E-state index contributed by atoms with van der Waals surface area (Å²) in [6.07, 6.45) is 1.13. The van der Waals surface area contributed by atoms with E-state index in [1.54, 1.807) is 0 Å². The summed E-state index contributed by atoms with van der Waals surface area (Å²) in [6, 6.07) is 5.68. The number of benzene rings is 1. The van der Waals surface area contributed by atoms with Gasteiger partial charge in [-0.1, -0.05) is 11.6 Å². The van der Waals surface area contributed by atoms with E-state index in [-0.39, 0.29) is 34.5 Å². The Hall–Kier alpha value is -1.62. The largest absolute Gasteiger partial charge is 0.481 e. The van der Waals surface area contributed by atoms with Crippen molar-refractivity contribution in [2.24, 2.45) is 0 Å². The van der Waals surface area contributed by atoms with Crippen molar-refractivity contribution in [2.45, 2.75) is 30.2 Å². The monoisotopic (exact) mass is 328 g/mol. The third kappa shape index (κ3) is 3.53. The van der Waals surface area contributed by atoms with Crippen LogP contribution in [0.25, 0.3) is 0 Å². The summed E-state index contributed by atoms with van der Waals surface area (Å²) in [5.41, 5.74) is 0.187. The van der Waals surface area contributed by atoms with Gasteiger partial charge in [0.1, 0.15) is 4.90 Å². The molecule has 0 unspecified atom stereocenters. The first kappa shape index (κ1) is 15.8. The van der Waals surface area contributed by atoms with Crippen LogP contribution in [0.2, 0.25) is 5.02 Å². The molecule has 1 saturated carbocycles. The van der Waals surface area contributed by atoms with Gasteiger partial charge in [-0.05, 0) is 31.0 Å². The van der Waals surface area contributed by atoms with E-state index in [1.807, 2.05) is 6.07 Å². The van der Waals surface area contributed by atoms with Gasteiger partial charge in [-0.25, -0.2) is 8.42 Å². The molecule has 0 radical (unpaired) electrons. The average molecular weight is 329 g/mol. The maximum absolute atomic E-state index is 12.7. The van der Waals surface area contributed by atoms with Crippen molar-refractivity contribution in [3.63, 3.8) is 0 Å². The second-order valence-electron chi connectivity index (χ2n) is 4.75. The highest BCUT2D eigenvalue weighted by atomic mass is 35.5. The molecule has 0 aliphatic heterocycles. The Morgan fingerprint density at radius 3 is 2.67 bits per heavy atom. The van der Waals surface area contributed by atoms with Gasteiger partial charge in [0.2, 0.25) is 10.0 Å². The first-order valence-electron chi connectivity index (χ1n) is 6.29. The lowest BCUT2D eigenvalue weighted by molar-refractivity contribution is -0.137. The van der Waals surface area contributed by atoms with Crippen LogP contribution in [0.5, 0.6) is 0 Å². The topological polar surface area (TPSA) is 98.5 Å². The molecule has 0 saturated heterocycles. The molecular formula is C13H13ClN2O4S. The summed E-state index contributed by atoms with van der Waals surface area (Å²) in [7, 11) is -3.91. The van der Waals surface area contributed by atoms with E-state index < -0.39 is 16.0 Å². The fourth-order valence-electron chi connectivity index (χ4n) is 1.96. The third-order valence-corrected chi connectivity index (χ3v) is 5.58. The molecule has 6 nitrogen and oxygen atoms in total. The van der Waals surface area contributed by atoms with E-state index in [0.29, 0.717) is 12.8 Å². The minimum Gasteiger partial charge on any atom is -0.481 e. The summed E-state index contributed by atoms with van der Waals surface area (Å²) in [5.74, 6) is -1.06. The lowest BCUT2D eigenvalue weighted by Gasteiger charge is -2.21. The fraction of sp³-hybridized carbons (Fsp3) is 0.385. The normalized spacial score (nSPS) is 14.9. The highest BCUT2D eigenvalue weighted by Crippen LogP contribution is 2.34.